The number of nitrogens with zero attached hydrogens (tertiary/aromatic N) is 1. The van der Waals surface area contributed by atoms with Crippen LogP contribution in [0.5, 0.6) is 11.5 Å². The summed E-state index contributed by atoms with van der Waals surface area (Å²) in [5.74, 6) is -4.15. The second-order valence-corrected chi connectivity index (χ2v) is 7.57. The highest BCUT2D eigenvalue weighted by Gasteiger charge is 2.30. The van der Waals surface area contributed by atoms with Gasteiger partial charge in [-0.3, -0.25) is 4.79 Å². The summed E-state index contributed by atoms with van der Waals surface area (Å²) in [5, 5.41) is 9.42. The molecule has 1 N–H and O–H groups in total. The Bertz CT molecular complexity index is 1220. The minimum atomic E-state index is -3.06. The third-order valence-corrected chi connectivity index (χ3v) is 4.97. The van der Waals surface area contributed by atoms with Crippen LogP contribution in [0.15, 0.2) is 59.5 Å². The van der Waals surface area contributed by atoms with Crippen LogP contribution in [0.25, 0.3) is 11.3 Å². The normalized spacial score (nSPS) is 14.9. The molecule has 2 aromatic carbocycles. The number of halogens is 3. The number of hydrogen-bond acceptors (Lipinski definition) is 4. The van der Waals surface area contributed by atoms with E-state index in [-0.39, 0.29) is 16.5 Å². The Morgan fingerprint density at radius 1 is 1.26 bits per heavy atom. The van der Waals surface area contributed by atoms with Crippen LogP contribution in [0, 0.1) is 0 Å². The zero-order valence-electron chi connectivity index (χ0n) is 16.1. The second kappa shape index (κ2) is 7.70. The molecule has 0 aliphatic carbocycles. The van der Waals surface area contributed by atoms with Crippen LogP contribution < -0.4 is 14.9 Å². The lowest BCUT2D eigenvalue weighted by Crippen LogP contribution is -2.27. The van der Waals surface area contributed by atoms with E-state index in [4.69, 9.17) is 21.1 Å². The van der Waals surface area contributed by atoms with E-state index in [1.807, 2.05) is 6.07 Å². The van der Waals surface area contributed by atoms with Gasteiger partial charge in [0.1, 0.15) is 17.1 Å². The minimum Gasteiger partial charge on any atom is -0.486 e. The number of rotatable bonds is 5. The number of carboxylic acid groups (broad SMARTS) is 1. The minimum absolute atomic E-state index is 0.00621. The van der Waals surface area contributed by atoms with Gasteiger partial charge in [0.05, 0.1) is 10.7 Å². The Morgan fingerprint density at radius 3 is 2.61 bits per heavy atom. The molecule has 0 spiro atoms. The first kappa shape index (κ1) is 20.9. The van der Waals surface area contributed by atoms with Gasteiger partial charge in [0, 0.05) is 36.4 Å². The molecular weight excluding hydrogens is 432 g/mol. The molecule has 160 valence electrons. The van der Waals surface area contributed by atoms with E-state index in [2.05, 4.69) is 0 Å². The number of fused-ring (bicyclic) bond motifs is 3. The molecule has 9 heteroatoms. The number of hydrogen-bond donors (Lipinski definition) is 1. The zero-order valence-corrected chi connectivity index (χ0v) is 16.9. The lowest BCUT2D eigenvalue weighted by Gasteiger charge is -2.32. The molecule has 1 aromatic heterocycles. The van der Waals surface area contributed by atoms with Crippen LogP contribution in [0.4, 0.5) is 8.78 Å². The van der Waals surface area contributed by atoms with Gasteiger partial charge in [-0.2, -0.15) is 0 Å². The van der Waals surface area contributed by atoms with Crippen molar-refractivity contribution in [2.45, 2.75) is 19.1 Å². The fraction of sp³-hybridized carbons (Fsp3) is 0.182. The Labute approximate surface area is 180 Å². The van der Waals surface area contributed by atoms with Gasteiger partial charge in [0.15, 0.2) is 12.0 Å². The number of ether oxygens (including phenoxy) is 2. The van der Waals surface area contributed by atoms with Crippen molar-refractivity contribution in [3.05, 3.63) is 81.1 Å². The van der Waals surface area contributed by atoms with E-state index in [0.29, 0.717) is 16.8 Å². The Kier molecular flexibility index (Phi) is 5.18. The molecule has 1 aliphatic rings. The molecule has 31 heavy (non-hydrogen) atoms. The quantitative estimate of drug-likeness (QED) is 0.605. The van der Waals surface area contributed by atoms with Crippen molar-refractivity contribution in [3.8, 4) is 22.8 Å². The van der Waals surface area contributed by atoms with E-state index in [0.717, 1.165) is 6.92 Å². The zero-order chi connectivity index (χ0) is 22.3. The average Bonchev–Trinajstić information content (AvgIpc) is 2.71. The van der Waals surface area contributed by atoms with Crippen molar-refractivity contribution in [2.75, 3.05) is 6.61 Å². The summed E-state index contributed by atoms with van der Waals surface area (Å²) in [6, 6.07) is 13.0. The molecule has 0 saturated carbocycles. The lowest BCUT2D eigenvalue weighted by molar-refractivity contribution is -0.0230. The number of aromatic carboxylic acids is 1. The molecule has 0 saturated heterocycles. The highest BCUT2D eigenvalue weighted by atomic mass is 35.5. The van der Waals surface area contributed by atoms with Gasteiger partial charge in [-0.15, -0.1) is 0 Å². The third-order valence-electron chi connectivity index (χ3n) is 4.68. The molecule has 0 radical (unpaired) electrons. The molecule has 3 aromatic rings. The standard InChI is InChI=1S/C22H16ClF2NO5/c1-22(24,25)11-30-19-9-18-13(7-15(19)23)16-8-17(27)14(21(28)29)10-26(16)20(31-18)12-5-3-2-4-6-12/h2-10,20H,11H2,1H3,(H,28,29). The Hall–Kier alpha value is -3.39. The van der Waals surface area contributed by atoms with Gasteiger partial charge >= 0.3 is 5.97 Å². The van der Waals surface area contributed by atoms with Crippen LogP contribution in [-0.4, -0.2) is 28.2 Å². The summed E-state index contributed by atoms with van der Waals surface area (Å²) in [5.41, 5.74) is 0.376. The fourth-order valence-corrected chi connectivity index (χ4v) is 3.51. The first-order valence-electron chi connectivity index (χ1n) is 9.20. The summed E-state index contributed by atoms with van der Waals surface area (Å²) >= 11 is 6.22. The number of aromatic nitrogens is 1. The van der Waals surface area contributed by atoms with Crippen molar-refractivity contribution < 1.29 is 28.2 Å². The number of alkyl halides is 2. The van der Waals surface area contributed by atoms with Gasteiger partial charge in [0.2, 0.25) is 6.23 Å². The van der Waals surface area contributed by atoms with Crippen LogP contribution in [0.2, 0.25) is 5.02 Å². The first-order valence-corrected chi connectivity index (χ1v) is 9.57. The summed E-state index contributed by atoms with van der Waals surface area (Å²) in [7, 11) is 0. The molecule has 1 unspecified atom stereocenters. The Balaban J connectivity index is 1.89. The van der Waals surface area contributed by atoms with Crippen molar-refractivity contribution in [3.63, 3.8) is 0 Å². The highest BCUT2D eigenvalue weighted by Crippen LogP contribution is 2.44. The van der Waals surface area contributed by atoms with Gasteiger partial charge < -0.3 is 19.1 Å². The predicted octanol–water partition coefficient (Wildman–Crippen LogP) is 4.84. The van der Waals surface area contributed by atoms with E-state index < -0.39 is 35.7 Å². The summed E-state index contributed by atoms with van der Waals surface area (Å²) in [6.45, 7) is -0.143. The van der Waals surface area contributed by atoms with Crippen molar-refractivity contribution >= 4 is 17.6 Å². The first-order chi connectivity index (χ1) is 14.6. The van der Waals surface area contributed by atoms with E-state index >= 15 is 0 Å². The highest BCUT2D eigenvalue weighted by molar-refractivity contribution is 6.32. The lowest BCUT2D eigenvalue weighted by atomic mass is 10.0. The molecule has 1 aliphatic heterocycles. The molecule has 0 bridgehead atoms. The maximum absolute atomic E-state index is 13.2. The number of benzene rings is 2. The van der Waals surface area contributed by atoms with Gasteiger partial charge in [-0.25, -0.2) is 13.6 Å². The summed E-state index contributed by atoms with van der Waals surface area (Å²) < 4.78 is 39.2. The van der Waals surface area contributed by atoms with E-state index in [1.165, 1.54) is 29.0 Å². The molecule has 0 amide bonds. The van der Waals surface area contributed by atoms with Crippen LogP contribution >= 0.6 is 11.6 Å². The molecule has 6 nitrogen and oxygen atoms in total. The molecule has 2 heterocycles. The number of pyridine rings is 1. The topological polar surface area (TPSA) is 77.8 Å². The largest absolute Gasteiger partial charge is 0.486 e. The smallest absolute Gasteiger partial charge is 0.341 e. The van der Waals surface area contributed by atoms with Crippen LogP contribution in [-0.2, 0) is 0 Å². The van der Waals surface area contributed by atoms with Gasteiger partial charge in [-0.05, 0) is 6.07 Å². The molecular formula is C22H16ClF2NO5. The van der Waals surface area contributed by atoms with Gasteiger partial charge in [-0.1, -0.05) is 41.9 Å². The fourth-order valence-electron chi connectivity index (χ4n) is 3.29. The average molecular weight is 448 g/mol. The van der Waals surface area contributed by atoms with Crippen molar-refractivity contribution in [1.29, 1.82) is 0 Å². The number of carboxylic acids is 1. The van der Waals surface area contributed by atoms with Crippen molar-refractivity contribution in [2.24, 2.45) is 0 Å². The SMILES string of the molecule is CC(F)(F)COc1cc2c(cc1Cl)-c1cc(=O)c(C(=O)O)cn1C(c1ccccc1)O2. The third kappa shape index (κ3) is 4.11. The maximum atomic E-state index is 13.2. The maximum Gasteiger partial charge on any atom is 0.341 e. The van der Waals surface area contributed by atoms with Crippen LogP contribution in [0.1, 0.15) is 29.1 Å². The molecule has 1 atom stereocenters. The Morgan fingerprint density at radius 2 is 1.97 bits per heavy atom. The monoisotopic (exact) mass is 447 g/mol. The molecule has 0 fully saturated rings. The summed E-state index contributed by atoms with van der Waals surface area (Å²) in [4.78, 5) is 23.9. The number of carbonyl (C=O) groups is 1. The molecule has 4 rings (SSSR count). The van der Waals surface area contributed by atoms with E-state index in [9.17, 15) is 23.5 Å². The summed E-state index contributed by atoms with van der Waals surface area (Å²) in [6.07, 6.45) is 0.417. The van der Waals surface area contributed by atoms with Crippen LogP contribution in [0.3, 0.4) is 0 Å². The van der Waals surface area contributed by atoms with Crippen molar-refractivity contribution in [1.82, 2.24) is 4.57 Å². The van der Waals surface area contributed by atoms with Gasteiger partial charge in [0.25, 0.3) is 5.92 Å². The van der Waals surface area contributed by atoms with E-state index in [1.54, 1.807) is 24.3 Å². The predicted molar refractivity (Wildman–Crippen MR) is 109 cm³/mol. The second-order valence-electron chi connectivity index (χ2n) is 7.17.